The highest BCUT2D eigenvalue weighted by atomic mass is 79.9. The molecule has 134 valence electrons. The Hall–Kier alpha value is -3.31. The van der Waals surface area contributed by atoms with Gasteiger partial charge in [-0.2, -0.15) is 10.4 Å². The zero-order valence-corrected chi connectivity index (χ0v) is 15.5. The minimum atomic E-state index is -0.573. The molecule has 0 saturated carbocycles. The fourth-order valence-electron chi connectivity index (χ4n) is 2.44. The van der Waals surface area contributed by atoms with Crippen molar-refractivity contribution in [3.05, 3.63) is 81.4 Å². The number of nitrogens with zero attached hydrogens (tertiary/aromatic N) is 3. The second-order valence-corrected chi connectivity index (χ2v) is 5.99. The number of rotatable bonds is 5. The Morgan fingerprint density at radius 1 is 1.26 bits per heavy atom. The Labute approximate surface area is 162 Å². The first kappa shape index (κ1) is 18.5. The lowest BCUT2D eigenvalue weighted by atomic mass is 10.1. The summed E-state index contributed by atoms with van der Waals surface area (Å²) in [6.07, 6.45) is 1.43. The molecule has 0 aliphatic carbocycles. The second kappa shape index (κ2) is 8.38. The van der Waals surface area contributed by atoms with E-state index in [1.165, 1.54) is 12.3 Å². The normalized spacial score (nSPS) is 10.7. The summed E-state index contributed by atoms with van der Waals surface area (Å²) in [6, 6.07) is 15.5. The van der Waals surface area contributed by atoms with E-state index in [0.29, 0.717) is 22.0 Å². The van der Waals surface area contributed by atoms with Crippen LogP contribution in [0.25, 0.3) is 11.3 Å². The van der Waals surface area contributed by atoms with E-state index < -0.39 is 5.56 Å². The van der Waals surface area contributed by atoms with E-state index >= 15 is 0 Å². The monoisotopic (exact) mass is 425 g/mol. The van der Waals surface area contributed by atoms with Crippen molar-refractivity contribution in [2.24, 2.45) is 5.10 Å². The molecule has 0 atom stereocenters. The molecule has 0 radical (unpaired) electrons. The number of anilines is 1. The number of aromatic nitrogens is 2. The summed E-state index contributed by atoms with van der Waals surface area (Å²) in [7, 11) is 0. The number of nitriles is 1. The van der Waals surface area contributed by atoms with Gasteiger partial charge in [0.2, 0.25) is 5.95 Å². The van der Waals surface area contributed by atoms with Crippen LogP contribution in [0.4, 0.5) is 10.3 Å². The van der Waals surface area contributed by atoms with E-state index in [1.807, 2.05) is 12.1 Å². The van der Waals surface area contributed by atoms with Crippen molar-refractivity contribution >= 4 is 28.1 Å². The summed E-state index contributed by atoms with van der Waals surface area (Å²) in [5, 5.41) is 13.6. The number of halogens is 2. The van der Waals surface area contributed by atoms with Crippen LogP contribution >= 0.6 is 15.9 Å². The molecule has 2 N–H and O–H groups in total. The number of hydrogen-bond donors (Lipinski definition) is 2. The standard InChI is InChI=1S/C19H13BrFN5O/c20-9-14-13(7-4-8-16(14)21)11-23-26-19-24-17(12-5-2-1-3-6-12)15(10-22)18(27)25-19/h1-8,11H,9H2,(H2,24,25,26,27). The lowest BCUT2D eigenvalue weighted by Gasteiger charge is -2.06. The largest absolute Gasteiger partial charge is 0.290 e. The number of hydrogen-bond acceptors (Lipinski definition) is 5. The van der Waals surface area contributed by atoms with Crippen LogP contribution in [0.1, 0.15) is 16.7 Å². The Morgan fingerprint density at radius 2 is 2.04 bits per heavy atom. The molecular formula is C19H13BrFN5O. The number of H-pyrrole nitrogens is 1. The summed E-state index contributed by atoms with van der Waals surface area (Å²) < 4.78 is 13.8. The molecule has 0 saturated heterocycles. The smallest absolute Gasteiger partial charge is 0.270 e. The molecule has 0 amide bonds. The summed E-state index contributed by atoms with van der Waals surface area (Å²) in [6.45, 7) is 0. The van der Waals surface area contributed by atoms with Gasteiger partial charge in [-0.25, -0.2) is 14.8 Å². The first-order valence-corrected chi connectivity index (χ1v) is 8.98. The molecule has 1 aromatic heterocycles. The predicted octanol–water partition coefficient (Wildman–Crippen LogP) is 3.79. The highest BCUT2D eigenvalue weighted by Crippen LogP contribution is 2.19. The Bertz CT molecular complexity index is 1090. The molecule has 8 heteroatoms. The van der Waals surface area contributed by atoms with Gasteiger partial charge in [0.1, 0.15) is 17.4 Å². The third-order valence-corrected chi connectivity index (χ3v) is 4.30. The summed E-state index contributed by atoms with van der Waals surface area (Å²) >= 11 is 3.24. The van der Waals surface area contributed by atoms with Gasteiger partial charge in [-0.3, -0.25) is 9.78 Å². The molecule has 2 aromatic carbocycles. The van der Waals surface area contributed by atoms with Crippen molar-refractivity contribution < 1.29 is 4.39 Å². The van der Waals surface area contributed by atoms with Crippen LogP contribution in [-0.2, 0) is 5.33 Å². The zero-order chi connectivity index (χ0) is 19.2. The van der Waals surface area contributed by atoms with Crippen LogP contribution in [0.2, 0.25) is 0 Å². The van der Waals surface area contributed by atoms with Crippen LogP contribution < -0.4 is 11.0 Å². The van der Waals surface area contributed by atoms with E-state index in [0.717, 1.165) is 0 Å². The average molecular weight is 426 g/mol. The molecule has 3 aromatic rings. The SMILES string of the molecule is N#Cc1c(-c2ccccc2)nc(NN=Cc2cccc(F)c2CBr)[nH]c1=O. The van der Waals surface area contributed by atoms with E-state index in [4.69, 9.17) is 0 Å². The number of benzene rings is 2. The van der Waals surface area contributed by atoms with Crippen LogP contribution in [0, 0.1) is 17.1 Å². The Balaban J connectivity index is 1.93. The molecule has 27 heavy (non-hydrogen) atoms. The Kier molecular flexibility index (Phi) is 5.74. The molecule has 6 nitrogen and oxygen atoms in total. The van der Waals surface area contributed by atoms with E-state index in [-0.39, 0.29) is 23.0 Å². The molecule has 0 bridgehead atoms. The minimum absolute atomic E-state index is 0.0749. The molecule has 0 aliphatic rings. The van der Waals surface area contributed by atoms with E-state index in [9.17, 15) is 14.4 Å². The first-order chi connectivity index (χ1) is 13.1. The molecule has 0 spiro atoms. The maximum Gasteiger partial charge on any atom is 0.270 e. The van der Waals surface area contributed by atoms with Crippen molar-refractivity contribution in [3.63, 3.8) is 0 Å². The van der Waals surface area contributed by atoms with Gasteiger partial charge in [0, 0.05) is 22.0 Å². The van der Waals surface area contributed by atoms with Crippen molar-refractivity contribution in [2.75, 3.05) is 5.43 Å². The maximum absolute atomic E-state index is 13.8. The third kappa shape index (κ3) is 4.10. The highest BCUT2D eigenvalue weighted by molar-refractivity contribution is 9.08. The fraction of sp³-hybridized carbons (Fsp3) is 0.0526. The lowest BCUT2D eigenvalue weighted by molar-refractivity contribution is 0.617. The van der Waals surface area contributed by atoms with Gasteiger partial charge in [0.15, 0.2) is 0 Å². The van der Waals surface area contributed by atoms with Gasteiger partial charge in [0.05, 0.1) is 11.9 Å². The Morgan fingerprint density at radius 3 is 2.74 bits per heavy atom. The first-order valence-electron chi connectivity index (χ1n) is 7.86. The van der Waals surface area contributed by atoms with Gasteiger partial charge in [-0.1, -0.05) is 58.4 Å². The number of aromatic amines is 1. The molecule has 0 unspecified atom stereocenters. The number of nitrogens with one attached hydrogen (secondary N) is 2. The van der Waals surface area contributed by atoms with Crippen LogP contribution in [0.5, 0.6) is 0 Å². The fourth-order valence-corrected chi connectivity index (χ4v) is 3.03. The van der Waals surface area contributed by atoms with E-state index in [1.54, 1.807) is 36.4 Å². The molecule has 0 fully saturated rings. The van der Waals surface area contributed by atoms with Crippen molar-refractivity contribution in [2.45, 2.75) is 5.33 Å². The zero-order valence-electron chi connectivity index (χ0n) is 13.9. The summed E-state index contributed by atoms with van der Waals surface area (Å²) in [5.74, 6) is -0.266. The summed E-state index contributed by atoms with van der Waals surface area (Å²) in [5.41, 5.74) is 3.91. The van der Waals surface area contributed by atoms with Gasteiger partial charge >= 0.3 is 0 Å². The minimum Gasteiger partial charge on any atom is -0.290 e. The molecular weight excluding hydrogens is 413 g/mol. The third-order valence-electron chi connectivity index (χ3n) is 3.74. The number of alkyl halides is 1. The van der Waals surface area contributed by atoms with Gasteiger partial charge in [-0.15, -0.1) is 0 Å². The van der Waals surface area contributed by atoms with Crippen LogP contribution in [0.3, 0.4) is 0 Å². The van der Waals surface area contributed by atoms with Crippen LogP contribution in [0.15, 0.2) is 58.4 Å². The quantitative estimate of drug-likeness (QED) is 0.369. The van der Waals surface area contributed by atoms with Crippen molar-refractivity contribution in [1.29, 1.82) is 5.26 Å². The average Bonchev–Trinajstić information content (AvgIpc) is 2.68. The van der Waals surface area contributed by atoms with Gasteiger partial charge in [-0.05, 0) is 6.07 Å². The maximum atomic E-state index is 13.8. The molecule has 3 rings (SSSR count). The van der Waals surface area contributed by atoms with Crippen LogP contribution in [-0.4, -0.2) is 16.2 Å². The molecule has 1 heterocycles. The number of hydrazone groups is 1. The van der Waals surface area contributed by atoms with Gasteiger partial charge in [0.25, 0.3) is 5.56 Å². The van der Waals surface area contributed by atoms with Gasteiger partial charge < -0.3 is 0 Å². The lowest BCUT2D eigenvalue weighted by Crippen LogP contribution is -2.16. The van der Waals surface area contributed by atoms with Crippen molar-refractivity contribution in [1.82, 2.24) is 9.97 Å². The van der Waals surface area contributed by atoms with Crippen molar-refractivity contribution in [3.8, 4) is 17.3 Å². The summed E-state index contributed by atoms with van der Waals surface area (Å²) in [4.78, 5) is 18.9. The molecule has 0 aliphatic heterocycles. The van der Waals surface area contributed by atoms with E-state index in [2.05, 4.69) is 36.4 Å². The predicted molar refractivity (Wildman–Crippen MR) is 105 cm³/mol. The topological polar surface area (TPSA) is 93.9 Å². The highest BCUT2D eigenvalue weighted by Gasteiger charge is 2.13. The second-order valence-electron chi connectivity index (χ2n) is 5.43.